The van der Waals surface area contributed by atoms with Gasteiger partial charge in [-0.25, -0.2) is 0 Å². The molecule has 82 valence electrons. The third-order valence-corrected chi connectivity index (χ3v) is 2.05. The third-order valence-electron chi connectivity index (χ3n) is 2.05. The summed E-state index contributed by atoms with van der Waals surface area (Å²) in [4.78, 5) is 10.6. The molecule has 0 fully saturated rings. The van der Waals surface area contributed by atoms with Gasteiger partial charge in [0.2, 0.25) is 5.91 Å². The van der Waals surface area contributed by atoms with Gasteiger partial charge in [-0.1, -0.05) is 12.1 Å². The third kappa shape index (κ3) is 2.68. The molecule has 0 aliphatic rings. The van der Waals surface area contributed by atoms with Gasteiger partial charge in [-0.3, -0.25) is 4.79 Å². The lowest BCUT2D eigenvalue weighted by Crippen LogP contribution is -2.33. The molecule has 0 aromatic heterocycles. The van der Waals surface area contributed by atoms with Gasteiger partial charge in [-0.05, 0) is 17.7 Å². The minimum atomic E-state index is -1.60. The Hall–Kier alpha value is -1.59. The quantitative estimate of drug-likeness (QED) is 0.630. The van der Waals surface area contributed by atoms with E-state index in [0.29, 0.717) is 11.3 Å². The Labute approximate surface area is 87.1 Å². The Kier molecular flexibility index (Phi) is 3.65. The van der Waals surface area contributed by atoms with E-state index in [4.69, 9.17) is 10.5 Å². The van der Waals surface area contributed by atoms with Crippen molar-refractivity contribution in [1.29, 1.82) is 0 Å². The number of benzene rings is 1. The highest BCUT2D eigenvalue weighted by Gasteiger charge is 2.23. The second-order valence-electron chi connectivity index (χ2n) is 3.07. The normalized spacial score (nSPS) is 14.3. The first-order chi connectivity index (χ1) is 7.06. The standard InChI is InChI=1S/C10H13NO4/c1-15-7-4-2-6(3-5-7)8(12)9(13)10(11)14/h2-5,8-9,12-13H,1H3,(H2,11,14). The molecule has 2 unspecified atom stereocenters. The fourth-order valence-electron chi connectivity index (χ4n) is 1.14. The molecular weight excluding hydrogens is 198 g/mol. The number of hydrogen-bond donors (Lipinski definition) is 3. The average Bonchev–Trinajstić information content (AvgIpc) is 2.27. The molecule has 1 aromatic carbocycles. The zero-order chi connectivity index (χ0) is 11.4. The van der Waals surface area contributed by atoms with Crippen LogP contribution in [0, 0.1) is 0 Å². The smallest absolute Gasteiger partial charge is 0.249 e. The van der Waals surface area contributed by atoms with Crippen LogP contribution in [0.2, 0.25) is 0 Å². The Balaban J connectivity index is 2.82. The van der Waals surface area contributed by atoms with Crippen LogP contribution in [0.25, 0.3) is 0 Å². The van der Waals surface area contributed by atoms with Crippen LogP contribution in [0.5, 0.6) is 5.75 Å². The van der Waals surface area contributed by atoms with Crippen molar-refractivity contribution in [1.82, 2.24) is 0 Å². The Bertz CT molecular complexity index is 336. The highest BCUT2D eigenvalue weighted by atomic mass is 16.5. The molecule has 15 heavy (non-hydrogen) atoms. The van der Waals surface area contributed by atoms with Gasteiger partial charge < -0.3 is 20.7 Å². The van der Waals surface area contributed by atoms with E-state index in [0.717, 1.165) is 0 Å². The van der Waals surface area contributed by atoms with Crippen LogP contribution >= 0.6 is 0 Å². The van der Waals surface area contributed by atoms with Crippen molar-refractivity contribution >= 4 is 5.91 Å². The van der Waals surface area contributed by atoms with Crippen molar-refractivity contribution in [3.8, 4) is 5.75 Å². The van der Waals surface area contributed by atoms with E-state index >= 15 is 0 Å². The van der Waals surface area contributed by atoms with Crippen LogP contribution in [0.1, 0.15) is 11.7 Å². The predicted molar refractivity (Wildman–Crippen MR) is 53.2 cm³/mol. The summed E-state index contributed by atoms with van der Waals surface area (Å²) in [6, 6.07) is 6.34. The molecule has 0 aliphatic heterocycles. The molecule has 0 saturated heterocycles. The van der Waals surface area contributed by atoms with E-state index in [1.807, 2.05) is 0 Å². The summed E-state index contributed by atoms with van der Waals surface area (Å²) in [6.45, 7) is 0. The summed E-state index contributed by atoms with van der Waals surface area (Å²) in [6.07, 6.45) is -2.91. The highest BCUT2D eigenvalue weighted by molar-refractivity contribution is 5.79. The molecule has 5 nitrogen and oxygen atoms in total. The minimum Gasteiger partial charge on any atom is -0.497 e. The van der Waals surface area contributed by atoms with E-state index < -0.39 is 18.1 Å². The number of carbonyl (C=O) groups excluding carboxylic acids is 1. The molecule has 0 heterocycles. The summed E-state index contributed by atoms with van der Waals surface area (Å²) >= 11 is 0. The number of methoxy groups -OCH3 is 1. The van der Waals surface area contributed by atoms with E-state index in [-0.39, 0.29) is 0 Å². The first-order valence-electron chi connectivity index (χ1n) is 4.35. The first-order valence-corrected chi connectivity index (χ1v) is 4.35. The van der Waals surface area contributed by atoms with E-state index in [9.17, 15) is 15.0 Å². The minimum absolute atomic E-state index is 0.405. The maximum atomic E-state index is 10.6. The van der Waals surface area contributed by atoms with Crippen molar-refractivity contribution in [3.05, 3.63) is 29.8 Å². The topological polar surface area (TPSA) is 92.8 Å². The van der Waals surface area contributed by atoms with Gasteiger partial charge in [0, 0.05) is 0 Å². The lowest BCUT2D eigenvalue weighted by atomic mass is 10.0. The molecule has 0 aliphatic carbocycles. The van der Waals surface area contributed by atoms with Crippen LogP contribution in [-0.4, -0.2) is 29.3 Å². The number of hydrogen-bond acceptors (Lipinski definition) is 4. The Morgan fingerprint density at radius 3 is 2.27 bits per heavy atom. The molecule has 0 bridgehead atoms. The van der Waals surface area contributed by atoms with Gasteiger partial charge in [0.25, 0.3) is 0 Å². The van der Waals surface area contributed by atoms with Crippen LogP contribution < -0.4 is 10.5 Å². The van der Waals surface area contributed by atoms with Crippen molar-refractivity contribution in [2.75, 3.05) is 7.11 Å². The molecule has 1 rings (SSSR count). The molecule has 5 heteroatoms. The summed E-state index contributed by atoms with van der Waals surface area (Å²) in [5.74, 6) is -0.335. The zero-order valence-corrected chi connectivity index (χ0v) is 8.25. The van der Waals surface area contributed by atoms with Gasteiger partial charge >= 0.3 is 0 Å². The van der Waals surface area contributed by atoms with Crippen LogP contribution in [0.15, 0.2) is 24.3 Å². The second-order valence-corrected chi connectivity index (χ2v) is 3.07. The number of carbonyl (C=O) groups is 1. The summed E-state index contributed by atoms with van der Waals surface area (Å²) in [5.41, 5.74) is 5.26. The molecule has 4 N–H and O–H groups in total. The van der Waals surface area contributed by atoms with Gasteiger partial charge in [0.05, 0.1) is 7.11 Å². The second kappa shape index (κ2) is 4.77. The zero-order valence-electron chi connectivity index (χ0n) is 8.25. The number of primary amides is 1. The summed E-state index contributed by atoms with van der Waals surface area (Å²) in [7, 11) is 1.52. The van der Waals surface area contributed by atoms with Gasteiger partial charge in [-0.2, -0.15) is 0 Å². The van der Waals surface area contributed by atoms with Gasteiger partial charge in [0.15, 0.2) is 6.10 Å². The van der Waals surface area contributed by atoms with Crippen LogP contribution in [0.3, 0.4) is 0 Å². The molecule has 0 saturated carbocycles. The Morgan fingerprint density at radius 1 is 1.33 bits per heavy atom. The highest BCUT2D eigenvalue weighted by Crippen LogP contribution is 2.19. The van der Waals surface area contributed by atoms with Gasteiger partial charge in [0.1, 0.15) is 11.9 Å². The predicted octanol–water partition coefficient (Wildman–Crippen LogP) is -0.425. The number of ether oxygens (including phenoxy) is 1. The Morgan fingerprint density at radius 2 is 1.87 bits per heavy atom. The molecule has 1 amide bonds. The van der Waals surface area contributed by atoms with Crippen molar-refractivity contribution < 1.29 is 19.7 Å². The molecule has 1 aromatic rings. The maximum Gasteiger partial charge on any atom is 0.249 e. The molecule has 0 spiro atoms. The van der Waals surface area contributed by atoms with E-state index in [2.05, 4.69) is 0 Å². The van der Waals surface area contributed by atoms with E-state index in [1.165, 1.54) is 7.11 Å². The fraction of sp³-hybridized carbons (Fsp3) is 0.300. The van der Waals surface area contributed by atoms with Crippen LogP contribution in [0.4, 0.5) is 0 Å². The number of amides is 1. The largest absolute Gasteiger partial charge is 0.497 e. The molecule has 2 atom stereocenters. The van der Waals surface area contributed by atoms with Gasteiger partial charge in [-0.15, -0.1) is 0 Å². The number of aliphatic hydroxyl groups is 2. The summed E-state index contributed by atoms with van der Waals surface area (Å²) in [5, 5.41) is 18.8. The number of nitrogens with two attached hydrogens (primary N) is 1. The van der Waals surface area contributed by atoms with Crippen LogP contribution in [-0.2, 0) is 4.79 Å². The summed E-state index contributed by atoms with van der Waals surface area (Å²) < 4.78 is 4.92. The van der Waals surface area contributed by atoms with Crippen molar-refractivity contribution in [2.24, 2.45) is 5.73 Å². The lowest BCUT2D eigenvalue weighted by Gasteiger charge is -2.15. The average molecular weight is 211 g/mol. The van der Waals surface area contributed by atoms with Crippen molar-refractivity contribution in [2.45, 2.75) is 12.2 Å². The SMILES string of the molecule is COc1ccc(C(O)C(O)C(N)=O)cc1. The maximum absolute atomic E-state index is 10.6. The number of aliphatic hydroxyl groups excluding tert-OH is 2. The van der Waals surface area contributed by atoms with E-state index in [1.54, 1.807) is 24.3 Å². The van der Waals surface area contributed by atoms with Crippen molar-refractivity contribution in [3.63, 3.8) is 0 Å². The lowest BCUT2D eigenvalue weighted by molar-refractivity contribution is -0.131. The number of rotatable bonds is 4. The fourth-order valence-corrected chi connectivity index (χ4v) is 1.14. The monoisotopic (exact) mass is 211 g/mol. The molecule has 0 radical (unpaired) electrons. The first kappa shape index (κ1) is 11.5. The molecular formula is C10H13NO4.